The second kappa shape index (κ2) is 6.13. The van der Waals surface area contributed by atoms with Crippen LogP contribution in [-0.4, -0.2) is 40.2 Å². The number of hydrogen-bond donors (Lipinski definition) is 3. The smallest absolute Gasteiger partial charge is 0.317 e. The lowest BCUT2D eigenvalue weighted by molar-refractivity contribution is -0.147. The summed E-state index contributed by atoms with van der Waals surface area (Å²) in [6, 6.07) is 7.07. The van der Waals surface area contributed by atoms with Crippen LogP contribution < -0.4 is 5.32 Å². The van der Waals surface area contributed by atoms with Gasteiger partial charge < -0.3 is 20.4 Å². The van der Waals surface area contributed by atoms with Crippen molar-refractivity contribution in [3.63, 3.8) is 0 Å². The fraction of sp³-hybridized carbons (Fsp3) is 0.467. The summed E-state index contributed by atoms with van der Waals surface area (Å²) >= 11 is 0. The van der Waals surface area contributed by atoms with Gasteiger partial charge in [0, 0.05) is 19.6 Å². The minimum Gasteiger partial charge on any atom is -0.481 e. The Morgan fingerprint density at radius 2 is 2.10 bits per heavy atom. The van der Waals surface area contributed by atoms with Crippen molar-refractivity contribution in [2.75, 3.05) is 13.1 Å². The number of rotatable bonds is 4. The Hall–Kier alpha value is -2.08. The lowest BCUT2D eigenvalue weighted by Crippen LogP contribution is -2.40. The molecule has 3 N–H and O–H groups in total. The lowest BCUT2D eigenvalue weighted by atomic mass is 9.90. The zero-order valence-electron chi connectivity index (χ0n) is 12.0. The van der Waals surface area contributed by atoms with E-state index in [1.165, 1.54) is 4.90 Å². The number of nitrogens with zero attached hydrogens (tertiary/aromatic N) is 1. The summed E-state index contributed by atoms with van der Waals surface area (Å²) in [5.74, 6) is -0.867. The molecule has 6 nitrogen and oxygen atoms in total. The normalized spacial score (nSPS) is 21.3. The van der Waals surface area contributed by atoms with Crippen molar-refractivity contribution in [3.8, 4) is 0 Å². The van der Waals surface area contributed by atoms with Crippen LogP contribution in [0, 0.1) is 5.41 Å². The Morgan fingerprint density at radius 1 is 1.38 bits per heavy atom. The van der Waals surface area contributed by atoms with Crippen LogP contribution in [0.2, 0.25) is 0 Å². The summed E-state index contributed by atoms with van der Waals surface area (Å²) in [6.07, 6.45) is 0.468. The van der Waals surface area contributed by atoms with Gasteiger partial charge in [0.1, 0.15) is 0 Å². The fourth-order valence-corrected chi connectivity index (χ4v) is 2.44. The van der Waals surface area contributed by atoms with E-state index in [-0.39, 0.29) is 19.2 Å². The van der Waals surface area contributed by atoms with Crippen LogP contribution in [0.1, 0.15) is 24.5 Å². The van der Waals surface area contributed by atoms with Gasteiger partial charge >= 0.3 is 12.0 Å². The van der Waals surface area contributed by atoms with E-state index in [4.69, 9.17) is 10.2 Å². The molecule has 6 heteroatoms. The maximum absolute atomic E-state index is 12.1. The minimum absolute atomic E-state index is 0.0368. The van der Waals surface area contributed by atoms with Gasteiger partial charge in [-0.2, -0.15) is 0 Å². The van der Waals surface area contributed by atoms with Crippen LogP contribution in [0.5, 0.6) is 0 Å². The van der Waals surface area contributed by atoms with Crippen molar-refractivity contribution >= 4 is 12.0 Å². The van der Waals surface area contributed by atoms with Gasteiger partial charge in [-0.25, -0.2) is 4.79 Å². The molecule has 2 rings (SSSR count). The molecule has 1 atom stereocenters. The number of aliphatic hydroxyl groups excluding tert-OH is 1. The van der Waals surface area contributed by atoms with Crippen LogP contribution in [0.25, 0.3) is 0 Å². The third kappa shape index (κ3) is 3.52. The first-order chi connectivity index (χ1) is 9.94. The van der Waals surface area contributed by atoms with E-state index in [9.17, 15) is 9.59 Å². The number of aliphatic carboxylic acids is 1. The molecule has 1 aromatic carbocycles. The number of aliphatic hydroxyl groups is 1. The van der Waals surface area contributed by atoms with Crippen LogP contribution in [0.4, 0.5) is 4.79 Å². The van der Waals surface area contributed by atoms with E-state index in [0.717, 1.165) is 11.1 Å². The van der Waals surface area contributed by atoms with Crippen molar-refractivity contribution in [1.29, 1.82) is 0 Å². The van der Waals surface area contributed by atoms with Crippen molar-refractivity contribution in [2.24, 2.45) is 5.41 Å². The van der Waals surface area contributed by atoms with Crippen molar-refractivity contribution in [3.05, 3.63) is 35.4 Å². The molecule has 1 aliphatic heterocycles. The molecule has 1 unspecified atom stereocenters. The van der Waals surface area contributed by atoms with Gasteiger partial charge in [-0.3, -0.25) is 4.79 Å². The predicted molar refractivity (Wildman–Crippen MR) is 76.5 cm³/mol. The number of carboxylic acids is 1. The molecule has 21 heavy (non-hydrogen) atoms. The molecule has 114 valence electrons. The molecule has 1 aliphatic rings. The van der Waals surface area contributed by atoms with Gasteiger partial charge in [-0.05, 0) is 24.5 Å². The monoisotopic (exact) mass is 292 g/mol. The van der Waals surface area contributed by atoms with Crippen molar-refractivity contribution in [1.82, 2.24) is 10.2 Å². The third-order valence-electron chi connectivity index (χ3n) is 3.89. The molecule has 0 bridgehead atoms. The Labute approximate surface area is 123 Å². The average Bonchev–Trinajstić information content (AvgIpc) is 2.89. The number of carbonyl (C=O) groups excluding carboxylic acids is 1. The molecule has 1 saturated heterocycles. The summed E-state index contributed by atoms with van der Waals surface area (Å²) in [6.45, 7) is 2.65. The molecule has 2 amide bonds. The van der Waals surface area contributed by atoms with Gasteiger partial charge in [-0.15, -0.1) is 0 Å². The molecule has 0 aliphatic carbocycles. The van der Waals surface area contributed by atoms with Crippen molar-refractivity contribution < 1.29 is 19.8 Å². The zero-order valence-corrected chi connectivity index (χ0v) is 12.0. The minimum atomic E-state index is -0.867. The number of amides is 2. The molecular formula is C15H20N2O4. The Bertz CT molecular complexity index is 546. The molecule has 0 radical (unpaired) electrons. The largest absolute Gasteiger partial charge is 0.481 e. The number of nitrogens with one attached hydrogen (secondary N) is 1. The summed E-state index contributed by atoms with van der Waals surface area (Å²) in [4.78, 5) is 24.7. The molecule has 1 fully saturated rings. The van der Waals surface area contributed by atoms with Gasteiger partial charge in [-0.1, -0.05) is 24.3 Å². The first-order valence-corrected chi connectivity index (χ1v) is 6.89. The highest BCUT2D eigenvalue weighted by molar-refractivity contribution is 5.79. The number of benzene rings is 1. The van der Waals surface area contributed by atoms with Gasteiger partial charge in [0.05, 0.1) is 12.0 Å². The number of carbonyl (C=O) groups is 2. The molecule has 0 saturated carbocycles. The average molecular weight is 292 g/mol. The van der Waals surface area contributed by atoms with E-state index in [1.54, 1.807) is 6.92 Å². The number of hydrogen-bond acceptors (Lipinski definition) is 3. The highest BCUT2D eigenvalue weighted by Crippen LogP contribution is 2.29. The van der Waals surface area contributed by atoms with Crippen LogP contribution in [0.15, 0.2) is 24.3 Å². The van der Waals surface area contributed by atoms with E-state index < -0.39 is 11.4 Å². The third-order valence-corrected chi connectivity index (χ3v) is 3.89. The van der Waals surface area contributed by atoms with E-state index in [1.807, 2.05) is 24.3 Å². The maximum Gasteiger partial charge on any atom is 0.317 e. The number of urea groups is 1. The molecule has 0 aromatic heterocycles. The zero-order chi connectivity index (χ0) is 15.5. The summed E-state index contributed by atoms with van der Waals surface area (Å²) in [5, 5.41) is 21.0. The van der Waals surface area contributed by atoms with Gasteiger partial charge in [0.15, 0.2) is 0 Å². The summed E-state index contributed by atoms with van der Waals surface area (Å²) in [7, 11) is 0. The highest BCUT2D eigenvalue weighted by atomic mass is 16.4. The molecule has 1 heterocycles. The Balaban J connectivity index is 1.89. The number of carboxylic acid groups (broad SMARTS) is 1. The Morgan fingerprint density at radius 3 is 2.71 bits per heavy atom. The van der Waals surface area contributed by atoms with Crippen LogP contribution in [-0.2, 0) is 17.9 Å². The topological polar surface area (TPSA) is 89.9 Å². The number of likely N-dealkylation sites (tertiary alicyclic amines) is 1. The second-order valence-corrected chi connectivity index (χ2v) is 5.67. The standard InChI is InChI=1S/C15H20N2O4/c1-15(13(19)20)5-6-17(10-15)14(21)16-8-11-3-2-4-12(7-11)9-18/h2-4,7,18H,5-6,8-10H2,1H3,(H,16,21)(H,19,20). The van der Waals surface area contributed by atoms with Gasteiger partial charge in [0.2, 0.25) is 0 Å². The van der Waals surface area contributed by atoms with E-state index in [2.05, 4.69) is 5.32 Å². The Kier molecular flexibility index (Phi) is 4.47. The molecule has 1 aromatic rings. The van der Waals surface area contributed by atoms with E-state index >= 15 is 0 Å². The summed E-state index contributed by atoms with van der Waals surface area (Å²) < 4.78 is 0. The van der Waals surface area contributed by atoms with E-state index in [0.29, 0.717) is 19.5 Å². The first kappa shape index (κ1) is 15.3. The highest BCUT2D eigenvalue weighted by Gasteiger charge is 2.42. The first-order valence-electron chi connectivity index (χ1n) is 6.89. The van der Waals surface area contributed by atoms with Crippen LogP contribution in [0.3, 0.4) is 0 Å². The van der Waals surface area contributed by atoms with Crippen molar-refractivity contribution in [2.45, 2.75) is 26.5 Å². The SMILES string of the molecule is CC1(C(=O)O)CCN(C(=O)NCc2cccc(CO)c2)C1. The molecular weight excluding hydrogens is 272 g/mol. The van der Waals surface area contributed by atoms with Crippen LogP contribution >= 0.6 is 0 Å². The second-order valence-electron chi connectivity index (χ2n) is 5.67. The predicted octanol–water partition coefficient (Wildman–Crippen LogP) is 1.19. The quantitative estimate of drug-likeness (QED) is 0.777. The fourth-order valence-electron chi connectivity index (χ4n) is 2.44. The summed E-state index contributed by atoms with van der Waals surface area (Å²) in [5.41, 5.74) is 0.838. The molecule has 0 spiro atoms. The van der Waals surface area contributed by atoms with Gasteiger partial charge in [0.25, 0.3) is 0 Å². The maximum atomic E-state index is 12.1. The lowest BCUT2D eigenvalue weighted by Gasteiger charge is -2.20.